The third-order valence-electron chi connectivity index (χ3n) is 3.55. The number of rotatable bonds is 10. The Kier molecular flexibility index (Phi) is 8.31. The zero-order valence-corrected chi connectivity index (χ0v) is 17.3. The van der Waals surface area contributed by atoms with Gasteiger partial charge in [0.1, 0.15) is 0 Å². The Morgan fingerprint density at radius 1 is 1.22 bits per heavy atom. The average Bonchev–Trinajstić information content (AvgIpc) is 3.09. The van der Waals surface area contributed by atoms with Crippen LogP contribution in [0.2, 0.25) is 0 Å². The van der Waals surface area contributed by atoms with Crippen LogP contribution in [0.15, 0.2) is 36.4 Å². The van der Waals surface area contributed by atoms with Crippen LogP contribution in [0.3, 0.4) is 0 Å². The third-order valence-corrected chi connectivity index (χ3v) is 6.43. The number of thiophene rings is 1. The molecule has 1 aromatic heterocycles. The van der Waals surface area contributed by atoms with Crippen LogP contribution in [0.25, 0.3) is 0 Å². The molecule has 9 heteroatoms. The molecule has 0 spiro atoms. The number of nitriles is 1. The molecule has 0 saturated heterocycles. The fourth-order valence-corrected chi connectivity index (χ4v) is 4.51. The molecule has 1 aromatic carbocycles. The van der Waals surface area contributed by atoms with Crippen LogP contribution >= 0.6 is 23.1 Å². The SMILES string of the molecule is CS(=O)(=O)NCCc1ccc(C(=O)NCCSCc2ccccc2C#N)s1. The molecule has 0 atom stereocenters. The van der Waals surface area contributed by atoms with E-state index < -0.39 is 10.0 Å². The van der Waals surface area contributed by atoms with Crippen LogP contribution in [0.4, 0.5) is 0 Å². The molecule has 0 saturated carbocycles. The summed E-state index contributed by atoms with van der Waals surface area (Å²) in [6, 6.07) is 13.3. The van der Waals surface area contributed by atoms with Gasteiger partial charge in [0.15, 0.2) is 0 Å². The first-order chi connectivity index (χ1) is 12.9. The maximum Gasteiger partial charge on any atom is 0.261 e. The van der Waals surface area contributed by atoms with E-state index in [1.54, 1.807) is 23.9 Å². The van der Waals surface area contributed by atoms with E-state index in [0.29, 0.717) is 30.0 Å². The van der Waals surface area contributed by atoms with Gasteiger partial charge in [0.25, 0.3) is 5.91 Å². The van der Waals surface area contributed by atoms with Crippen molar-refractivity contribution in [3.63, 3.8) is 0 Å². The van der Waals surface area contributed by atoms with Crippen molar-refractivity contribution in [1.82, 2.24) is 10.0 Å². The predicted octanol–water partition coefficient (Wildman–Crippen LogP) is 2.37. The zero-order valence-electron chi connectivity index (χ0n) is 14.9. The number of thioether (sulfide) groups is 1. The fraction of sp³-hybridized carbons (Fsp3) is 0.333. The zero-order chi connectivity index (χ0) is 19.7. The van der Waals surface area contributed by atoms with E-state index in [4.69, 9.17) is 5.26 Å². The number of hydrogen-bond acceptors (Lipinski definition) is 6. The summed E-state index contributed by atoms with van der Waals surface area (Å²) >= 11 is 3.03. The van der Waals surface area contributed by atoms with Crippen molar-refractivity contribution in [2.45, 2.75) is 12.2 Å². The molecule has 0 fully saturated rings. The Balaban J connectivity index is 1.69. The van der Waals surface area contributed by atoms with Gasteiger partial charge in [0.2, 0.25) is 10.0 Å². The third kappa shape index (κ3) is 7.72. The van der Waals surface area contributed by atoms with Crippen molar-refractivity contribution < 1.29 is 13.2 Å². The van der Waals surface area contributed by atoms with Gasteiger partial charge in [0.05, 0.1) is 22.8 Å². The number of hydrogen-bond donors (Lipinski definition) is 2. The lowest BCUT2D eigenvalue weighted by Crippen LogP contribution is -2.25. The highest BCUT2D eigenvalue weighted by Crippen LogP contribution is 2.17. The number of carbonyl (C=O) groups excluding carboxylic acids is 1. The lowest BCUT2D eigenvalue weighted by Gasteiger charge is -2.05. The Hall–Kier alpha value is -1.86. The first-order valence-corrected chi connectivity index (χ1v) is 12.1. The molecule has 2 N–H and O–H groups in total. The summed E-state index contributed by atoms with van der Waals surface area (Å²) in [5.41, 5.74) is 1.69. The second kappa shape index (κ2) is 10.5. The van der Waals surface area contributed by atoms with Gasteiger partial charge in [-0.3, -0.25) is 4.79 Å². The van der Waals surface area contributed by atoms with Gasteiger partial charge in [0, 0.05) is 29.5 Å². The molecular weight excluding hydrogens is 402 g/mol. The summed E-state index contributed by atoms with van der Waals surface area (Å²) < 4.78 is 24.5. The molecule has 1 amide bonds. The van der Waals surface area contributed by atoms with E-state index in [1.807, 2.05) is 24.3 Å². The van der Waals surface area contributed by atoms with Gasteiger partial charge in [-0.15, -0.1) is 11.3 Å². The van der Waals surface area contributed by atoms with Crippen LogP contribution in [-0.2, 0) is 22.2 Å². The lowest BCUT2D eigenvalue weighted by atomic mass is 10.1. The van der Waals surface area contributed by atoms with Gasteiger partial charge in [-0.05, 0) is 30.2 Å². The summed E-state index contributed by atoms with van der Waals surface area (Å²) in [7, 11) is -3.19. The van der Waals surface area contributed by atoms with Gasteiger partial charge >= 0.3 is 0 Å². The number of nitrogens with zero attached hydrogens (tertiary/aromatic N) is 1. The summed E-state index contributed by atoms with van der Waals surface area (Å²) in [5, 5.41) is 11.9. The van der Waals surface area contributed by atoms with E-state index in [2.05, 4.69) is 16.1 Å². The van der Waals surface area contributed by atoms with Crippen molar-refractivity contribution in [1.29, 1.82) is 5.26 Å². The summed E-state index contributed by atoms with van der Waals surface area (Å²) in [5.74, 6) is 1.36. The first-order valence-electron chi connectivity index (χ1n) is 8.26. The van der Waals surface area contributed by atoms with Gasteiger partial charge < -0.3 is 5.32 Å². The molecule has 0 unspecified atom stereocenters. The second-order valence-corrected chi connectivity index (χ2v) is 9.87. The molecule has 0 aliphatic heterocycles. The Labute approximate surface area is 168 Å². The number of carbonyl (C=O) groups is 1. The Morgan fingerprint density at radius 3 is 2.74 bits per heavy atom. The summed E-state index contributed by atoms with van der Waals surface area (Å²) in [6.45, 7) is 0.863. The van der Waals surface area contributed by atoms with Crippen molar-refractivity contribution in [3.05, 3.63) is 57.3 Å². The van der Waals surface area contributed by atoms with Crippen LogP contribution in [-0.4, -0.2) is 39.4 Å². The molecule has 2 aromatic rings. The molecular formula is C18H21N3O3S3. The molecule has 0 bridgehead atoms. The second-order valence-electron chi connectivity index (χ2n) is 5.76. The Bertz CT molecular complexity index is 917. The number of amides is 1. The highest BCUT2D eigenvalue weighted by molar-refractivity contribution is 7.98. The van der Waals surface area contributed by atoms with Gasteiger partial charge in [-0.2, -0.15) is 17.0 Å². The quantitative estimate of drug-likeness (QED) is 0.572. The molecule has 2 rings (SSSR count). The van der Waals surface area contributed by atoms with Crippen LogP contribution in [0.1, 0.15) is 25.7 Å². The highest BCUT2D eigenvalue weighted by Gasteiger charge is 2.09. The number of sulfonamides is 1. The van der Waals surface area contributed by atoms with Crippen LogP contribution in [0, 0.1) is 11.3 Å². The Morgan fingerprint density at radius 2 is 2.00 bits per heavy atom. The highest BCUT2D eigenvalue weighted by atomic mass is 32.2. The normalized spacial score (nSPS) is 11.1. The van der Waals surface area contributed by atoms with Crippen molar-refractivity contribution in [3.8, 4) is 6.07 Å². The van der Waals surface area contributed by atoms with Crippen LogP contribution in [0.5, 0.6) is 0 Å². The number of benzene rings is 1. The molecule has 1 heterocycles. The van der Waals surface area contributed by atoms with Crippen molar-refractivity contribution in [2.75, 3.05) is 25.1 Å². The minimum Gasteiger partial charge on any atom is -0.351 e. The lowest BCUT2D eigenvalue weighted by molar-refractivity contribution is 0.0960. The average molecular weight is 424 g/mol. The van der Waals surface area contributed by atoms with E-state index in [-0.39, 0.29) is 5.91 Å². The standard InChI is InChI=1S/C18H21N3O3S3/c1-27(23,24)21-9-8-16-6-7-17(26-16)18(22)20-10-11-25-13-15-5-3-2-4-14(15)12-19/h2-7,21H,8-11,13H2,1H3,(H,20,22). The number of nitrogens with one attached hydrogen (secondary N) is 2. The fourth-order valence-electron chi connectivity index (χ4n) is 2.26. The molecule has 144 valence electrons. The smallest absolute Gasteiger partial charge is 0.261 e. The largest absolute Gasteiger partial charge is 0.351 e. The van der Waals surface area contributed by atoms with E-state index in [1.165, 1.54) is 11.3 Å². The minimum absolute atomic E-state index is 0.125. The molecule has 0 radical (unpaired) electrons. The minimum atomic E-state index is -3.19. The van der Waals surface area contributed by atoms with Gasteiger partial charge in [-0.25, -0.2) is 13.1 Å². The maximum atomic E-state index is 12.2. The van der Waals surface area contributed by atoms with Crippen molar-refractivity contribution in [2.24, 2.45) is 0 Å². The van der Waals surface area contributed by atoms with E-state index in [9.17, 15) is 13.2 Å². The van der Waals surface area contributed by atoms with E-state index >= 15 is 0 Å². The molecule has 6 nitrogen and oxygen atoms in total. The monoisotopic (exact) mass is 423 g/mol. The summed E-state index contributed by atoms with van der Waals surface area (Å²) in [6.07, 6.45) is 1.68. The molecule has 27 heavy (non-hydrogen) atoms. The van der Waals surface area contributed by atoms with E-state index in [0.717, 1.165) is 28.2 Å². The molecule has 0 aliphatic carbocycles. The topological polar surface area (TPSA) is 99.1 Å². The maximum absolute atomic E-state index is 12.2. The summed E-state index contributed by atoms with van der Waals surface area (Å²) in [4.78, 5) is 13.7. The predicted molar refractivity (Wildman–Crippen MR) is 111 cm³/mol. The van der Waals surface area contributed by atoms with Gasteiger partial charge in [-0.1, -0.05) is 18.2 Å². The van der Waals surface area contributed by atoms with Crippen LogP contribution < -0.4 is 10.0 Å². The molecule has 0 aliphatic rings. The first kappa shape index (κ1) is 21.4. The van der Waals surface area contributed by atoms with Crippen molar-refractivity contribution >= 4 is 39.0 Å².